The van der Waals surface area contributed by atoms with Gasteiger partial charge in [0.2, 0.25) is 0 Å². The van der Waals surface area contributed by atoms with Crippen molar-refractivity contribution in [3.05, 3.63) is 40.3 Å². The molecule has 0 fully saturated rings. The number of H-pyrrole nitrogens is 1. The number of carbonyl (C=O) groups excluding carboxylic acids is 1. The maximum absolute atomic E-state index is 11.7. The van der Waals surface area contributed by atoms with E-state index in [1.54, 1.807) is 24.4 Å². The zero-order valence-electron chi connectivity index (χ0n) is 8.49. The van der Waals surface area contributed by atoms with E-state index in [1.165, 1.54) is 0 Å². The Morgan fingerprint density at radius 2 is 2.31 bits per heavy atom. The molecule has 1 amide bonds. The lowest BCUT2D eigenvalue weighted by molar-refractivity contribution is 0.102. The fourth-order valence-corrected chi connectivity index (χ4v) is 1.44. The van der Waals surface area contributed by atoms with Crippen molar-refractivity contribution >= 4 is 27.7 Å². The Kier molecular flexibility index (Phi) is 3.00. The molecule has 6 heteroatoms. The number of hydrogen-bond donors (Lipinski definition) is 2. The van der Waals surface area contributed by atoms with Crippen LogP contribution in [0.15, 0.2) is 28.9 Å². The van der Waals surface area contributed by atoms with Crippen LogP contribution in [0.4, 0.5) is 5.82 Å². The van der Waals surface area contributed by atoms with E-state index in [0.29, 0.717) is 11.5 Å². The van der Waals surface area contributed by atoms with Crippen LogP contribution in [-0.2, 0) is 0 Å². The second-order valence-electron chi connectivity index (χ2n) is 3.18. The molecule has 2 aromatic heterocycles. The van der Waals surface area contributed by atoms with Crippen molar-refractivity contribution in [2.45, 2.75) is 6.92 Å². The van der Waals surface area contributed by atoms with E-state index in [-0.39, 0.29) is 5.91 Å². The summed E-state index contributed by atoms with van der Waals surface area (Å²) in [6, 6.07) is 5.15. The molecule has 0 bridgehead atoms. The van der Waals surface area contributed by atoms with Gasteiger partial charge in [0.15, 0.2) is 5.82 Å². The molecule has 0 aliphatic heterocycles. The summed E-state index contributed by atoms with van der Waals surface area (Å²) in [4.78, 5) is 15.7. The molecule has 5 nitrogen and oxygen atoms in total. The number of nitrogens with one attached hydrogen (secondary N) is 2. The number of pyridine rings is 1. The van der Waals surface area contributed by atoms with Gasteiger partial charge < -0.3 is 5.32 Å². The number of anilines is 1. The first-order valence-electron chi connectivity index (χ1n) is 4.61. The first kappa shape index (κ1) is 10.8. The fraction of sp³-hybridized carbons (Fsp3) is 0.100. The van der Waals surface area contributed by atoms with Gasteiger partial charge in [0.1, 0.15) is 5.69 Å². The zero-order chi connectivity index (χ0) is 11.5. The van der Waals surface area contributed by atoms with Gasteiger partial charge in [-0.3, -0.25) is 14.9 Å². The minimum absolute atomic E-state index is 0.284. The van der Waals surface area contributed by atoms with Gasteiger partial charge in [-0.1, -0.05) is 6.07 Å². The third kappa shape index (κ3) is 2.11. The summed E-state index contributed by atoms with van der Waals surface area (Å²) in [7, 11) is 0. The quantitative estimate of drug-likeness (QED) is 0.885. The summed E-state index contributed by atoms with van der Waals surface area (Å²) in [6.07, 6.45) is 1.57. The summed E-state index contributed by atoms with van der Waals surface area (Å²) in [5.74, 6) is 0.181. The number of aryl methyl sites for hydroxylation is 1. The van der Waals surface area contributed by atoms with Crippen LogP contribution in [0.3, 0.4) is 0 Å². The van der Waals surface area contributed by atoms with Gasteiger partial charge in [0.05, 0.1) is 4.47 Å². The lowest BCUT2D eigenvalue weighted by atomic mass is 10.3. The topological polar surface area (TPSA) is 70.7 Å². The number of carbonyl (C=O) groups is 1. The van der Waals surface area contributed by atoms with Gasteiger partial charge in [-0.2, -0.15) is 5.10 Å². The van der Waals surface area contributed by atoms with Crippen LogP contribution in [0.1, 0.15) is 16.2 Å². The minimum atomic E-state index is -0.284. The molecular formula is C10H9BrN4O. The second kappa shape index (κ2) is 4.44. The van der Waals surface area contributed by atoms with Crippen molar-refractivity contribution in [3.63, 3.8) is 0 Å². The second-order valence-corrected chi connectivity index (χ2v) is 3.97. The predicted octanol–water partition coefficient (Wildman–Crippen LogP) is 2.13. The number of hydrogen-bond acceptors (Lipinski definition) is 3. The summed E-state index contributed by atoms with van der Waals surface area (Å²) in [6.45, 7) is 1.85. The number of nitrogens with zero attached hydrogens (tertiary/aromatic N) is 2. The van der Waals surface area contributed by atoms with Gasteiger partial charge in [-0.05, 0) is 35.0 Å². The highest BCUT2D eigenvalue weighted by molar-refractivity contribution is 9.10. The molecule has 2 heterocycles. The lowest BCUT2D eigenvalue weighted by Crippen LogP contribution is -2.13. The average Bonchev–Trinajstić information content (AvgIpc) is 2.62. The minimum Gasteiger partial charge on any atom is -0.303 e. The normalized spacial score (nSPS) is 10.1. The highest BCUT2D eigenvalue weighted by atomic mass is 79.9. The van der Waals surface area contributed by atoms with Gasteiger partial charge in [-0.25, -0.2) is 0 Å². The summed E-state index contributed by atoms with van der Waals surface area (Å²) in [5, 5.41) is 9.37. The van der Waals surface area contributed by atoms with Crippen molar-refractivity contribution in [3.8, 4) is 0 Å². The lowest BCUT2D eigenvalue weighted by Gasteiger charge is -2.01. The summed E-state index contributed by atoms with van der Waals surface area (Å²) in [5.41, 5.74) is 1.21. The number of halogens is 1. The monoisotopic (exact) mass is 280 g/mol. The van der Waals surface area contributed by atoms with Crippen LogP contribution in [0, 0.1) is 6.92 Å². The zero-order valence-corrected chi connectivity index (χ0v) is 10.1. The van der Waals surface area contributed by atoms with Crippen LogP contribution < -0.4 is 5.32 Å². The van der Waals surface area contributed by atoms with Crippen LogP contribution >= 0.6 is 15.9 Å². The number of aromatic nitrogens is 3. The molecular weight excluding hydrogens is 272 g/mol. The van der Waals surface area contributed by atoms with E-state index in [4.69, 9.17) is 0 Å². The molecule has 0 saturated heterocycles. The van der Waals surface area contributed by atoms with Crippen LogP contribution in [0.2, 0.25) is 0 Å². The van der Waals surface area contributed by atoms with Crippen molar-refractivity contribution in [2.24, 2.45) is 0 Å². The molecule has 0 saturated carbocycles. The van der Waals surface area contributed by atoms with E-state index < -0.39 is 0 Å². The first-order chi connectivity index (χ1) is 7.68. The molecule has 16 heavy (non-hydrogen) atoms. The molecule has 2 aromatic rings. The van der Waals surface area contributed by atoms with Gasteiger partial charge in [0.25, 0.3) is 5.91 Å². The maximum atomic E-state index is 11.7. The van der Waals surface area contributed by atoms with E-state index in [9.17, 15) is 4.79 Å². The maximum Gasteiger partial charge on any atom is 0.275 e. The van der Waals surface area contributed by atoms with Crippen molar-refractivity contribution in [1.82, 2.24) is 15.2 Å². The van der Waals surface area contributed by atoms with Crippen molar-refractivity contribution in [2.75, 3.05) is 5.32 Å². The Hall–Kier alpha value is -1.69. The Morgan fingerprint density at radius 3 is 2.88 bits per heavy atom. The van der Waals surface area contributed by atoms with Crippen LogP contribution in [-0.4, -0.2) is 21.1 Å². The molecule has 0 unspecified atom stereocenters. The molecule has 82 valence electrons. The largest absolute Gasteiger partial charge is 0.303 e. The number of aromatic amines is 1. The first-order valence-corrected chi connectivity index (χ1v) is 5.40. The van der Waals surface area contributed by atoms with Crippen molar-refractivity contribution in [1.29, 1.82) is 0 Å². The van der Waals surface area contributed by atoms with Crippen LogP contribution in [0.5, 0.6) is 0 Å². The summed E-state index contributed by atoms with van der Waals surface area (Å²) < 4.78 is 0.747. The third-order valence-electron chi connectivity index (χ3n) is 2.00. The highest BCUT2D eigenvalue weighted by Gasteiger charge is 2.12. The third-order valence-corrected chi connectivity index (χ3v) is 2.97. The van der Waals surface area contributed by atoms with Gasteiger partial charge >= 0.3 is 0 Å². The predicted molar refractivity (Wildman–Crippen MR) is 63.2 cm³/mol. The number of rotatable bonds is 2. The molecule has 0 aromatic carbocycles. The SMILES string of the molecule is Cc1[nH]nc(NC(=O)c2ccccn2)c1Br. The smallest absolute Gasteiger partial charge is 0.275 e. The van der Waals surface area contributed by atoms with E-state index in [0.717, 1.165) is 10.2 Å². The van der Waals surface area contributed by atoms with E-state index in [2.05, 4.69) is 36.4 Å². The molecule has 0 atom stereocenters. The molecule has 0 aliphatic rings. The standard InChI is InChI=1S/C10H9BrN4O/c1-6-8(11)9(15-14-6)13-10(16)7-4-2-3-5-12-7/h2-5H,1H3,(H2,13,14,15,16). The Bertz CT molecular complexity index is 509. The molecule has 0 aliphatic carbocycles. The van der Waals surface area contributed by atoms with Crippen molar-refractivity contribution < 1.29 is 4.79 Å². The van der Waals surface area contributed by atoms with Gasteiger partial charge in [-0.15, -0.1) is 0 Å². The molecule has 0 spiro atoms. The average molecular weight is 281 g/mol. The Balaban J connectivity index is 2.17. The number of amides is 1. The van der Waals surface area contributed by atoms with E-state index in [1.807, 2.05) is 6.92 Å². The fourth-order valence-electron chi connectivity index (χ4n) is 1.17. The molecule has 0 radical (unpaired) electrons. The van der Waals surface area contributed by atoms with E-state index >= 15 is 0 Å². The molecule has 2 rings (SSSR count). The highest BCUT2D eigenvalue weighted by Crippen LogP contribution is 2.22. The Morgan fingerprint density at radius 1 is 1.50 bits per heavy atom. The van der Waals surface area contributed by atoms with Crippen LogP contribution in [0.25, 0.3) is 0 Å². The Labute approximate surface area is 100 Å². The summed E-state index contributed by atoms with van der Waals surface area (Å²) >= 11 is 3.32. The van der Waals surface area contributed by atoms with Gasteiger partial charge in [0, 0.05) is 11.9 Å². The molecule has 2 N–H and O–H groups in total.